The standard InChI is InChI=1S/C10H8ClFO3/c11-7-2-1-5-3-6(10(13)14)4-15-9(5)8(7)12/h1-2,6H,3-4H2,(H,13,14)/t6-/m1/s1. The Morgan fingerprint density at radius 2 is 2.33 bits per heavy atom. The molecule has 1 aliphatic heterocycles. The summed E-state index contributed by atoms with van der Waals surface area (Å²) < 4.78 is 18.5. The minimum absolute atomic E-state index is 0.0116. The van der Waals surface area contributed by atoms with Gasteiger partial charge in [-0.2, -0.15) is 0 Å². The predicted octanol–water partition coefficient (Wildman–Crippen LogP) is 2.11. The van der Waals surface area contributed by atoms with Crippen molar-refractivity contribution in [1.29, 1.82) is 0 Å². The van der Waals surface area contributed by atoms with Gasteiger partial charge in [0.2, 0.25) is 0 Å². The number of benzene rings is 1. The number of carboxylic acid groups (broad SMARTS) is 1. The molecule has 0 spiro atoms. The number of halogens is 2. The van der Waals surface area contributed by atoms with Crippen LogP contribution in [-0.4, -0.2) is 17.7 Å². The highest BCUT2D eigenvalue weighted by molar-refractivity contribution is 6.30. The first kappa shape index (κ1) is 10.2. The highest BCUT2D eigenvalue weighted by atomic mass is 35.5. The maximum absolute atomic E-state index is 13.4. The maximum Gasteiger partial charge on any atom is 0.310 e. The molecule has 1 aliphatic rings. The van der Waals surface area contributed by atoms with Crippen LogP contribution in [0, 0.1) is 11.7 Å². The van der Waals surface area contributed by atoms with E-state index in [9.17, 15) is 9.18 Å². The predicted molar refractivity (Wildman–Crippen MR) is 51.7 cm³/mol. The monoisotopic (exact) mass is 230 g/mol. The van der Waals surface area contributed by atoms with E-state index in [1.165, 1.54) is 6.07 Å². The van der Waals surface area contributed by atoms with Crippen molar-refractivity contribution in [3.8, 4) is 5.75 Å². The number of fused-ring (bicyclic) bond motifs is 1. The number of hydrogen-bond acceptors (Lipinski definition) is 2. The number of hydrogen-bond donors (Lipinski definition) is 1. The molecule has 0 unspecified atom stereocenters. The highest BCUT2D eigenvalue weighted by Gasteiger charge is 2.28. The molecule has 80 valence electrons. The van der Waals surface area contributed by atoms with Crippen molar-refractivity contribution in [3.05, 3.63) is 28.5 Å². The number of rotatable bonds is 1. The number of carboxylic acids is 1. The molecule has 1 atom stereocenters. The Hall–Kier alpha value is -1.29. The van der Waals surface area contributed by atoms with Crippen molar-refractivity contribution in [3.63, 3.8) is 0 Å². The smallest absolute Gasteiger partial charge is 0.310 e. The number of ether oxygens (including phenoxy) is 1. The summed E-state index contributed by atoms with van der Waals surface area (Å²) in [6, 6.07) is 3.00. The fraction of sp³-hybridized carbons (Fsp3) is 0.300. The van der Waals surface area contributed by atoms with Crippen molar-refractivity contribution < 1.29 is 19.0 Å². The van der Waals surface area contributed by atoms with E-state index in [0.29, 0.717) is 5.56 Å². The zero-order valence-electron chi connectivity index (χ0n) is 7.67. The SMILES string of the molecule is O=C(O)[C@H]1COc2c(ccc(Cl)c2F)C1. The lowest BCUT2D eigenvalue weighted by molar-refractivity contribution is -0.143. The van der Waals surface area contributed by atoms with E-state index in [2.05, 4.69) is 0 Å². The van der Waals surface area contributed by atoms with Gasteiger partial charge in [0, 0.05) is 0 Å². The maximum atomic E-state index is 13.4. The van der Waals surface area contributed by atoms with Crippen LogP contribution in [-0.2, 0) is 11.2 Å². The Balaban J connectivity index is 2.36. The van der Waals surface area contributed by atoms with Gasteiger partial charge in [0.05, 0.1) is 10.9 Å². The molecule has 15 heavy (non-hydrogen) atoms. The first-order chi connectivity index (χ1) is 7.09. The molecule has 1 aromatic carbocycles. The van der Waals surface area contributed by atoms with E-state index in [0.717, 1.165) is 0 Å². The Bertz CT molecular complexity index is 419. The minimum Gasteiger partial charge on any atom is -0.489 e. The molecular formula is C10H8ClFO3. The molecule has 1 N–H and O–H groups in total. The molecule has 3 nitrogen and oxygen atoms in total. The summed E-state index contributed by atoms with van der Waals surface area (Å²) >= 11 is 5.57. The summed E-state index contributed by atoms with van der Waals surface area (Å²) in [6.07, 6.45) is 0.277. The second kappa shape index (κ2) is 3.70. The van der Waals surface area contributed by atoms with Crippen LogP contribution in [0.3, 0.4) is 0 Å². The van der Waals surface area contributed by atoms with Crippen molar-refractivity contribution >= 4 is 17.6 Å². The molecule has 0 fully saturated rings. The molecular weight excluding hydrogens is 223 g/mol. The van der Waals surface area contributed by atoms with Gasteiger partial charge in [-0.25, -0.2) is 4.39 Å². The first-order valence-corrected chi connectivity index (χ1v) is 4.80. The van der Waals surface area contributed by atoms with E-state index >= 15 is 0 Å². The summed E-state index contributed by atoms with van der Waals surface area (Å²) in [5.74, 6) is -2.08. The average Bonchev–Trinajstić information content (AvgIpc) is 2.23. The van der Waals surface area contributed by atoms with Crippen LogP contribution >= 0.6 is 11.6 Å². The van der Waals surface area contributed by atoms with E-state index in [1.54, 1.807) is 6.07 Å². The molecule has 0 bridgehead atoms. The van der Waals surface area contributed by atoms with Gasteiger partial charge in [-0.1, -0.05) is 17.7 Å². The number of carbonyl (C=O) groups is 1. The van der Waals surface area contributed by atoms with Crippen LogP contribution in [0.5, 0.6) is 5.75 Å². The topological polar surface area (TPSA) is 46.5 Å². The van der Waals surface area contributed by atoms with E-state index < -0.39 is 17.7 Å². The van der Waals surface area contributed by atoms with Crippen LogP contribution < -0.4 is 4.74 Å². The van der Waals surface area contributed by atoms with E-state index in [-0.39, 0.29) is 23.8 Å². The largest absolute Gasteiger partial charge is 0.489 e. The second-order valence-corrected chi connectivity index (χ2v) is 3.81. The van der Waals surface area contributed by atoms with Crippen molar-refractivity contribution in [2.24, 2.45) is 5.92 Å². The minimum atomic E-state index is -0.934. The lowest BCUT2D eigenvalue weighted by atomic mass is 9.97. The Kier molecular flexibility index (Phi) is 2.52. The van der Waals surface area contributed by atoms with Gasteiger partial charge in [-0.15, -0.1) is 0 Å². The fourth-order valence-electron chi connectivity index (χ4n) is 1.56. The van der Waals surface area contributed by atoms with E-state index in [4.69, 9.17) is 21.4 Å². The Labute approximate surface area is 90.4 Å². The fourth-order valence-corrected chi connectivity index (χ4v) is 1.70. The Morgan fingerprint density at radius 3 is 3.00 bits per heavy atom. The van der Waals surface area contributed by atoms with Gasteiger partial charge >= 0.3 is 5.97 Å². The molecule has 2 rings (SSSR count). The average molecular weight is 231 g/mol. The van der Waals surface area contributed by atoms with E-state index in [1.807, 2.05) is 0 Å². The summed E-state index contributed by atoms with van der Waals surface area (Å²) in [5.41, 5.74) is 0.551. The van der Waals surface area contributed by atoms with Gasteiger partial charge in [0.25, 0.3) is 0 Å². The molecule has 0 aromatic heterocycles. The van der Waals surface area contributed by atoms with Crippen LogP contribution in [0.4, 0.5) is 4.39 Å². The summed E-state index contributed by atoms with van der Waals surface area (Å²) in [4.78, 5) is 10.7. The third-order valence-corrected chi connectivity index (χ3v) is 2.67. The normalized spacial score (nSPS) is 19.2. The van der Waals surface area contributed by atoms with Gasteiger partial charge < -0.3 is 9.84 Å². The third-order valence-electron chi connectivity index (χ3n) is 2.38. The van der Waals surface area contributed by atoms with Gasteiger partial charge in [-0.05, 0) is 18.1 Å². The summed E-state index contributed by atoms with van der Waals surface area (Å²) in [5, 5.41) is 8.78. The number of aliphatic carboxylic acids is 1. The molecule has 0 saturated carbocycles. The summed E-state index contributed by atoms with van der Waals surface area (Å²) in [7, 11) is 0. The van der Waals surface area contributed by atoms with Gasteiger partial charge in [-0.3, -0.25) is 4.79 Å². The van der Waals surface area contributed by atoms with Crippen LogP contribution in [0.2, 0.25) is 5.02 Å². The zero-order chi connectivity index (χ0) is 11.0. The lowest BCUT2D eigenvalue weighted by Crippen LogP contribution is -2.28. The van der Waals surface area contributed by atoms with Gasteiger partial charge in [0.1, 0.15) is 6.61 Å². The van der Waals surface area contributed by atoms with Crippen molar-refractivity contribution in [2.75, 3.05) is 6.61 Å². The quantitative estimate of drug-likeness (QED) is 0.804. The lowest BCUT2D eigenvalue weighted by Gasteiger charge is -2.22. The third kappa shape index (κ3) is 1.77. The first-order valence-electron chi connectivity index (χ1n) is 4.42. The molecule has 0 saturated heterocycles. The molecule has 0 radical (unpaired) electrons. The van der Waals surface area contributed by atoms with Crippen LogP contribution in [0.1, 0.15) is 5.56 Å². The van der Waals surface area contributed by atoms with Gasteiger partial charge in [0.15, 0.2) is 11.6 Å². The molecule has 0 aliphatic carbocycles. The van der Waals surface area contributed by atoms with Crippen LogP contribution in [0.15, 0.2) is 12.1 Å². The van der Waals surface area contributed by atoms with Crippen molar-refractivity contribution in [2.45, 2.75) is 6.42 Å². The van der Waals surface area contributed by atoms with Crippen LogP contribution in [0.25, 0.3) is 0 Å². The zero-order valence-corrected chi connectivity index (χ0v) is 8.42. The Morgan fingerprint density at radius 1 is 1.60 bits per heavy atom. The molecule has 0 amide bonds. The van der Waals surface area contributed by atoms with Crippen molar-refractivity contribution in [1.82, 2.24) is 0 Å². The second-order valence-electron chi connectivity index (χ2n) is 3.40. The molecule has 1 heterocycles. The summed E-state index contributed by atoms with van der Waals surface area (Å²) in [6.45, 7) is -0.0143. The molecule has 5 heteroatoms. The highest BCUT2D eigenvalue weighted by Crippen LogP contribution is 2.33. The molecule has 1 aromatic rings.